The molecule has 2 saturated heterocycles. The van der Waals surface area contributed by atoms with Crippen LogP contribution in [0.3, 0.4) is 0 Å². The summed E-state index contributed by atoms with van der Waals surface area (Å²) in [5.41, 5.74) is 0. The van der Waals surface area contributed by atoms with Crippen LogP contribution in [0.2, 0.25) is 0 Å². The summed E-state index contributed by atoms with van der Waals surface area (Å²) in [6.07, 6.45) is 5.45. The Labute approximate surface area is 151 Å². The van der Waals surface area contributed by atoms with E-state index in [9.17, 15) is 9.59 Å². The number of hydrogen-bond donors (Lipinski definition) is 0. The Morgan fingerprint density at radius 2 is 2.00 bits per heavy atom. The first-order valence-electron chi connectivity index (χ1n) is 9.12. The fraction of sp³-hybridized carbons (Fsp3) is 0.889. The Balaban J connectivity index is 2.14. The molecular weight excluding hydrogens is 322 g/mol. The normalized spacial score (nSPS) is 26.5. The van der Waals surface area contributed by atoms with Gasteiger partial charge in [-0.1, -0.05) is 13.8 Å². The van der Waals surface area contributed by atoms with Crippen LogP contribution in [0, 0.1) is 5.92 Å². The van der Waals surface area contributed by atoms with Gasteiger partial charge in [-0.2, -0.15) is 11.8 Å². The van der Waals surface area contributed by atoms with Gasteiger partial charge in [0.1, 0.15) is 6.04 Å². The van der Waals surface area contributed by atoms with Gasteiger partial charge in [-0.15, -0.1) is 0 Å². The molecule has 0 aromatic heterocycles. The van der Waals surface area contributed by atoms with Gasteiger partial charge in [-0.25, -0.2) is 0 Å². The molecule has 2 aliphatic rings. The third-order valence-electron chi connectivity index (χ3n) is 5.23. The second kappa shape index (κ2) is 8.56. The van der Waals surface area contributed by atoms with Crippen molar-refractivity contribution < 1.29 is 9.59 Å². The molecule has 0 aliphatic carbocycles. The summed E-state index contributed by atoms with van der Waals surface area (Å²) in [6.45, 7) is 6.56. The standard InChI is InChI=1S/C18H33N3O2S/c1-13(2)10-14(21-9-7-6-8-17(21)22)18(23)20-11-15(19(3)4)16(12-20)24-5/h13-16H,6-12H2,1-5H3/t14-,15+,16+/m0/s1. The highest BCUT2D eigenvalue weighted by Gasteiger charge is 2.41. The molecule has 2 amide bonds. The molecule has 0 bridgehead atoms. The summed E-state index contributed by atoms with van der Waals surface area (Å²) in [6, 6.07) is 0.113. The molecule has 0 N–H and O–H groups in total. The first-order valence-corrected chi connectivity index (χ1v) is 10.4. The van der Waals surface area contributed by atoms with E-state index >= 15 is 0 Å². The number of carbonyl (C=O) groups excluding carboxylic acids is 2. The van der Waals surface area contributed by atoms with Crippen LogP contribution in [0.4, 0.5) is 0 Å². The molecule has 6 heteroatoms. The van der Waals surface area contributed by atoms with E-state index in [1.807, 2.05) is 21.6 Å². The lowest BCUT2D eigenvalue weighted by atomic mass is 9.98. The van der Waals surface area contributed by atoms with Crippen LogP contribution in [-0.2, 0) is 9.59 Å². The number of piperidine rings is 1. The SMILES string of the molecule is CS[C@@H]1CN(C(=O)[C@H](CC(C)C)N2CCCCC2=O)C[C@H]1N(C)C. The minimum Gasteiger partial charge on any atom is -0.338 e. The molecule has 2 heterocycles. The van der Waals surface area contributed by atoms with Crippen molar-refractivity contribution in [3.05, 3.63) is 0 Å². The maximum atomic E-state index is 13.3. The van der Waals surface area contributed by atoms with Crippen LogP contribution in [0.1, 0.15) is 39.5 Å². The Morgan fingerprint density at radius 3 is 2.50 bits per heavy atom. The molecule has 3 atom stereocenters. The molecule has 0 aromatic carbocycles. The van der Waals surface area contributed by atoms with Crippen LogP contribution in [-0.4, -0.2) is 83.8 Å². The van der Waals surface area contributed by atoms with E-state index in [-0.39, 0.29) is 17.9 Å². The van der Waals surface area contributed by atoms with Crippen molar-refractivity contribution in [2.45, 2.75) is 56.9 Å². The van der Waals surface area contributed by atoms with E-state index < -0.39 is 0 Å². The molecule has 0 spiro atoms. The maximum absolute atomic E-state index is 13.3. The Bertz CT molecular complexity index is 456. The van der Waals surface area contributed by atoms with Gasteiger partial charge in [0, 0.05) is 37.3 Å². The van der Waals surface area contributed by atoms with Crippen molar-refractivity contribution in [1.29, 1.82) is 0 Å². The van der Waals surface area contributed by atoms with E-state index in [1.54, 1.807) is 0 Å². The second-order valence-electron chi connectivity index (χ2n) is 7.74. The number of hydrogen-bond acceptors (Lipinski definition) is 4. The molecule has 0 unspecified atom stereocenters. The summed E-state index contributed by atoms with van der Waals surface area (Å²) >= 11 is 1.84. The summed E-state index contributed by atoms with van der Waals surface area (Å²) in [5.74, 6) is 0.713. The van der Waals surface area contributed by atoms with Crippen molar-refractivity contribution in [1.82, 2.24) is 14.7 Å². The fourth-order valence-corrected chi connectivity index (χ4v) is 4.81. The monoisotopic (exact) mass is 355 g/mol. The van der Waals surface area contributed by atoms with E-state index in [1.165, 1.54) is 0 Å². The topological polar surface area (TPSA) is 43.9 Å². The van der Waals surface area contributed by atoms with E-state index in [4.69, 9.17) is 0 Å². The number of amides is 2. The number of nitrogens with zero attached hydrogens (tertiary/aromatic N) is 3. The Kier molecular flexibility index (Phi) is 6.99. The first-order chi connectivity index (χ1) is 11.3. The second-order valence-corrected chi connectivity index (χ2v) is 8.81. The molecule has 0 radical (unpaired) electrons. The third-order valence-corrected chi connectivity index (χ3v) is 6.30. The van der Waals surface area contributed by atoms with Crippen molar-refractivity contribution in [2.24, 2.45) is 5.92 Å². The van der Waals surface area contributed by atoms with E-state index in [0.29, 0.717) is 23.6 Å². The summed E-state index contributed by atoms with van der Waals surface area (Å²) in [7, 11) is 4.17. The zero-order valence-electron chi connectivity index (χ0n) is 15.8. The van der Waals surface area contributed by atoms with Gasteiger partial charge >= 0.3 is 0 Å². The average Bonchev–Trinajstić information content (AvgIpc) is 2.97. The summed E-state index contributed by atoms with van der Waals surface area (Å²) in [4.78, 5) is 31.7. The minimum absolute atomic E-state index is 0.155. The molecule has 24 heavy (non-hydrogen) atoms. The zero-order chi connectivity index (χ0) is 17.9. The van der Waals surface area contributed by atoms with Crippen LogP contribution < -0.4 is 0 Å². The van der Waals surface area contributed by atoms with Gasteiger partial charge in [-0.3, -0.25) is 9.59 Å². The molecule has 2 aliphatic heterocycles. The number of carbonyl (C=O) groups is 2. The van der Waals surface area contributed by atoms with Crippen LogP contribution in [0.5, 0.6) is 0 Å². The predicted molar refractivity (Wildman–Crippen MR) is 100 cm³/mol. The minimum atomic E-state index is -0.277. The number of likely N-dealkylation sites (N-methyl/N-ethyl adjacent to an activating group) is 1. The smallest absolute Gasteiger partial charge is 0.245 e. The lowest BCUT2D eigenvalue weighted by Crippen LogP contribution is -2.52. The van der Waals surface area contributed by atoms with Gasteiger partial charge in [0.2, 0.25) is 11.8 Å². The predicted octanol–water partition coefficient (Wildman–Crippen LogP) is 1.92. The summed E-state index contributed by atoms with van der Waals surface area (Å²) in [5, 5.41) is 0.445. The first kappa shape index (κ1) is 19.6. The van der Waals surface area contributed by atoms with Crippen molar-refractivity contribution >= 4 is 23.6 Å². The van der Waals surface area contributed by atoms with Gasteiger partial charge < -0.3 is 14.7 Å². The lowest BCUT2D eigenvalue weighted by Gasteiger charge is -2.36. The Hall–Kier alpha value is -0.750. The maximum Gasteiger partial charge on any atom is 0.245 e. The third kappa shape index (κ3) is 4.45. The molecule has 5 nitrogen and oxygen atoms in total. The fourth-order valence-electron chi connectivity index (χ4n) is 3.84. The van der Waals surface area contributed by atoms with Gasteiger partial charge in [0.05, 0.1) is 0 Å². The van der Waals surface area contributed by atoms with Gasteiger partial charge in [0.15, 0.2) is 0 Å². The molecule has 2 rings (SSSR count). The Morgan fingerprint density at radius 1 is 1.29 bits per heavy atom. The quantitative estimate of drug-likeness (QED) is 0.730. The number of thioether (sulfide) groups is 1. The number of likely N-dealkylation sites (tertiary alicyclic amines) is 2. The average molecular weight is 356 g/mol. The molecular formula is C18H33N3O2S. The van der Waals surface area contributed by atoms with E-state index in [0.717, 1.165) is 38.9 Å². The van der Waals surface area contributed by atoms with E-state index in [2.05, 4.69) is 39.1 Å². The van der Waals surface area contributed by atoms with Crippen LogP contribution >= 0.6 is 11.8 Å². The van der Waals surface area contributed by atoms with Crippen LogP contribution in [0.15, 0.2) is 0 Å². The summed E-state index contributed by atoms with van der Waals surface area (Å²) < 4.78 is 0. The molecule has 0 saturated carbocycles. The zero-order valence-corrected chi connectivity index (χ0v) is 16.6. The highest BCUT2D eigenvalue weighted by molar-refractivity contribution is 7.99. The van der Waals surface area contributed by atoms with Gasteiger partial charge in [0.25, 0.3) is 0 Å². The van der Waals surface area contributed by atoms with Gasteiger partial charge in [-0.05, 0) is 45.5 Å². The largest absolute Gasteiger partial charge is 0.338 e. The van der Waals surface area contributed by atoms with Crippen molar-refractivity contribution in [3.8, 4) is 0 Å². The highest BCUT2D eigenvalue weighted by atomic mass is 32.2. The molecule has 2 fully saturated rings. The molecule has 138 valence electrons. The lowest BCUT2D eigenvalue weighted by molar-refractivity contribution is -0.147. The highest BCUT2D eigenvalue weighted by Crippen LogP contribution is 2.27. The van der Waals surface area contributed by atoms with Crippen LogP contribution in [0.25, 0.3) is 0 Å². The number of rotatable bonds is 6. The van der Waals surface area contributed by atoms with Crippen molar-refractivity contribution in [2.75, 3.05) is 40.0 Å². The molecule has 0 aromatic rings. The van der Waals surface area contributed by atoms with Crippen molar-refractivity contribution in [3.63, 3.8) is 0 Å².